The number of allylic oxidation sites excluding steroid dienone is 2. The van der Waals surface area contributed by atoms with E-state index in [9.17, 15) is 14.7 Å². The molecular formula is C26H30O4S. The van der Waals surface area contributed by atoms with E-state index in [2.05, 4.69) is 38.1 Å². The SMILES string of the molecule is CC(C)c1ccccc1.CCOC(=O)C1=C(C)S/C(=C\c2ccc(CC)c(O)c2)C1=O. The van der Waals surface area contributed by atoms with Crippen molar-refractivity contribution in [1.29, 1.82) is 0 Å². The summed E-state index contributed by atoms with van der Waals surface area (Å²) in [6.45, 7) is 10.0. The second-order valence-corrected chi connectivity index (χ2v) is 8.65. The highest BCUT2D eigenvalue weighted by Crippen LogP contribution is 2.39. The molecule has 1 heterocycles. The Labute approximate surface area is 189 Å². The molecule has 0 bridgehead atoms. The minimum absolute atomic E-state index is 0.104. The summed E-state index contributed by atoms with van der Waals surface area (Å²) in [7, 11) is 0. The van der Waals surface area contributed by atoms with Crippen LogP contribution in [0.15, 0.2) is 63.9 Å². The standard InChI is InChI=1S/C17H18O4S.C9H12/c1-4-12-7-6-11(8-13(12)18)9-14-16(19)15(10(3)22-14)17(20)21-5-2;1-8(2)9-6-4-3-5-7-9/h6-9,18H,4-5H2,1-3H3;3-8H,1-2H3/b14-9-;. The monoisotopic (exact) mass is 438 g/mol. The topological polar surface area (TPSA) is 63.6 Å². The Balaban J connectivity index is 0.000000316. The van der Waals surface area contributed by atoms with Gasteiger partial charge in [0.05, 0.1) is 11.5 Å². The number of hydrogen-bond acceptors (Lipinski definition) is 5. The maximum atomic E-state index is 12.3. The third-order valence-corrected chi connectivity index (χ3v) is 5.83. The minimum atomic E-state index is -0.579. The zero-order valence-corrected chi connectivity index (χ0v) is 19.6. The van der Waals surface area contributed by atoms with Crippen molar-refractivity contribution in [2.24, 2.45) is 0 Å². The van der Waals surface area contributed by atoms with Crippen molar-refractivity contribution < 1.29 is 19.4 Å². The van der Waals surface area contributed by atoms with Crippen molar-refractivity contribution in [3.63, 3.8) is 0 Å². The molecule has 2 aromatic carbocycles. The van der Waals surface area contributed by atoms with Crippen LogP contribution in [-0.4, -0.2) is 23.5 Å². The van der Waals surface area contributed by atoms with Crippen molar-refractivity contribution in [3.8, 4) is 5.75 Å². The normalized spacial score (nSPS) is 14.6. The quantitative estimate of drug-likeness (QED) is 0.339. The fourth-order valence-electron chi connectivity index (χ4n) is 3.04. The Morgan fingerprint density at radius 1 is 1.13 bits per heavy atom. The molecule has 0 radical (unpaired) electrons. The number of Topliss-reactive ketones (excluding diaryl/α,β-unsaturated/α-hetero) is 1. The zero-order valence-electron chi connectivity index (χ0n) is 18.8. The van der Waals surface area contributed by atoms with Crippen molar-refractivity contribution in [3.05, 3.63) is 80.6 Å². The lowest BCUT2D eigenvalue weighted by Crippen LogP contribution is -2.14. The van der Waals surface area contributed by atoms with Gasteiger partial charge in [-0.25, -0.2) is 4.79 Å². The summed E-state index contributed by atoms with van der Waals surface area (Å²) >= 11 is 1.26. The first-order valence-corrected chi connectivity index (χ1v) is 11.3. The van der Waals surface area contributed by atoms with Crippen molar-refractivity contribution >= 4 is 29.6 Å². The molecular weight excluding hydrogens is 408 g/mol. The third kappa shape index (κ3) is 6.59. The molecule has 31 heavy (non-hydrogen) atoms. The van der Waals surface area contributed by atoms with Crippen LogP contribution in [0.25, 0.3) is 6.08 Å². The van der Waals surface area contributed by atoms with Gasteiger partial charge in [-0.15, -0.1) is 0 Å². The predicted octanol–water partition coefficient (Wildman–Crippen LogP) is 6.26. The number of rotatable bonds is 5. The van der Waals surface area contributed by atoms with E-state index < -0.39 is 5.97 Å². The van der Waals surface area contributed by atoms with Crippen molar-refractivity contribution in [2.75, 3.05) is 6.61 Å². The summed E-state index contributed by atoms with van der Waals surface area (Å²) < 4.78 is 4.92. The van der Waals surface area contributed by atoms with Crippen LogP contribution in [0.1, 0.15) is 57.2 Å². The molecule has 0 spiro atoms. The summed E-state index contributed by atoms with van der Waals surface area (Å²) in [5, 5.41) is 9.89. The molecule has 4 nitrogen and oxygen atoms in total. The Bertz CT molecular complexity index is 988. The van der Waals surface area contributed by atoms with Gasteiger partial charge in [0.1, 0.15) is 11.3 Å². The van der Waals surface area contributed by atoms with Crippen LogP contribution in [0.4, 0.5) is 0 Å². The van der Waals surface area contributed by atoms with Gasteiger partial charge in [0.15, 0.2) is 0 Å². The Kier molecular flexibility index (Phi) is 9.13. The molecule has 1 aliphatic heterocycles. The Morgan fingerprint density at radius 2 is 1.81 bits per heavy atom. The molecule has 164 valence electrons. The number of phenols is 1. The number of aromatic hydroxyl groups is 1. The van der Waals surface area contributed by atoms with Crippen LogP contribution in [0.3, 0.4) is 0 Å². The van der Waals surface area contributed by atoms with Gasteiger partial charge >= 0.3 is 5.97 Å². The van der Waals surface area contributed by atoms with Crippen LogP contribution < -0.4 is 0 Å². The number of phenolic OH excluding ortho intramolecular Hbond substituents is 1. The first kappa shape index (κ1) is 24.5. The number of carbonyl (C=O) groups excluding carboxylic acids is 2. The number of ketones is 1. The highest BCUT2D eigenvalue weighted by Gasteiger charge is 2.32. The van der Waals surface area contributed by atoms with Crippen molar-refractivity contribution in [1.82, 2.24) is 0 Å². The van der Waals surface area contributed by atoms with E-state index in [1.165, 1.54) is 17.3 Å². The van der Waals surface area contributed by atoms with Gasteiger partial charge in [0, 0.05) is 4.91 Å². The molecule has 0 aliphatic carbocycles. The van der Waals surface area contributed by atoms with Gasteiger partial charge in [-0.2, -0.15) is 0 Å². The molecule has 0 saturated heterocycles. The smallest absolute Gasteiger partial charge is 0.342 e. The number of hydrogen-bond donors (Lipinski definition) is 1. The molecule has 2 aromatic rings. The van der Waals surface area contributed by atoms with E-state index in [4.69, 9.17) is 4.74 Å². The van der Waals surface area contributed by atoms with Gasteiger partial charge in [-0.1, -0.05) is 75.0 Å². The van der Waals surface area contributed by atoms with Crippen LogP contribution in [0.5, 0.6) is 5.75 Å². The molecule has 0 atom stereocenters. The lowest BCUT2D eigenvalue weighted by molar-refractivity contribution is -0.139. The van der Waals surface area contributed by atoms with Gasteiger partial charge in [0.25, 0.3) is 0 Å². The van der Waals surface area contributed by atoms with Gasteiger partial charge < -0.3 is 9.84 Å². The molecule has 0 unspecified atom stereocenters. The Hall–Kier alpha value is -2.79. The first-order valence-electron chi connectivity index (χ1n) is 10.5. The summed E-state index contributed by atoms with van der Waals surface area (Å²) in [6, 6.07) is 15.8. The lowest BCUT2D eigenvalue weighted by atomic mass is 10.0. The molecule has 5 heteroatoms. The number of esters is 1. The maximum Gasteiger partial charge on any atom is 0.342 e. The second kappa shape index (κ2) is 11.6. The molecule has 1 N–H and O–H groups in total. The van der Waals surface area contributed by atoms with Gasteiger partial charge in [-0.05, 0) is 55.0 Å². The summed E-state index contributed by atoms with van der Waals surface area (Å²) in [5.74, 6) is -0.0288. The highest BCUT2D eigenvalue weighted by molar-refractivity contribution is 8.08. The van der Waals surface area contributed by atoms with E-state index in [0.29, 0.717) is 15.7 Å². The van der Waals surface area contributed by atoms with Crippen LogP contribution in [0.2, 0.25) is 0 Å². The maximum absolute atomic E-state index is 12.3. The fraction of sp³-hybridized carbons (Fsp3) is 0.308. The summed E-state index contributed by atoms with van der Waals surface area (Å²) in [4.78, 5) is 25.3. The number of carbonyl (C=O) groups is 2. The number of benzene rings is 2. The fourth-order valence-corrected chi connectivity index (χ4v) is 4.04. The number of thioether (sulfide) groups is 1. The minimum Gasteiger partial charge on any atom is -0.508 e. The third-order valence-electron chi connectivity index (χ3n) is 4.80. The average Bonchev–Trinajstić information content (AvgIpc) is 3.02. The first-order chi connectivity index (χ1) is 14.8. The second-order valence-electron chi connectivity index (χ2n) is 7.40. The van der Waals surface area contributed by atoms with Crippen LogP contribution in [0, 0.1) is 0 Å². The van der Waals surface area contributed by atoms with E-state index >= 15 is 0 Å². The molecule has 0 saturated carbocycles. The van der Waals surface area contributed by atoms with E-state index in [1.807, 2.05) is 25.1 Å². The molecule has 0 aromatic heterocycles. The molecule has 0 amide bonds. The molecule has 0 fully saturated rings. The lowest BCUT2D eigenvalue weighted by Gasteiger charge is -2.03. The molecule has 1 aliphatic rings. The van der Waals surface area contributed by atoms with E-state index in [0.717, 1.165) is 17.5 Å². The van der Waals surface area contributed by atoms with E-state index in [-0.39, 0.29) is 23.7 Å². The summed E-state index contributed by atoms with van der Waals surface area (Å²) in [5.41, 5.74) is 3.10. The number of aryl methyl sites for hydroxylation is 1. The predicted molar refractivity (Wildman–Crippen MR) is 128 cm³/mol. The summed E-state index contributed by atoms with van der Waals surface area (Å²) in [6.07, 6.45) is 2.42. The van der Waals surface area contributed by atoms with E-state index in [1.54, 1.807) is 26.0 Å². The number of ether oxygens (including phenoxy) is 1. The molecule has 3 rings (SSSR count). The van der Waals surface area contributed by atoms with Gasteiger partial charge in [-0.3, -0.25) is 4.79 Å². The average molecular weight is 439 g/mol. The zero-order chi connectivity index (χ0) is 23.0. The van der Waals surface area contributed by atoms with Crippen molar-refractivity contribution in [2.45, 2.75) is 47.0 Å². The largest absolute Gasteiger partial charge is 0.508 e. The Morgan fingerprint density at radius 3 is 2.32 bits per heavy atom. The highest BCUT2D eigenvalue weighted by atomic mass is 32.2. The van der Waals surface area contributed by atoms with Crippen LogP contribution in [-0.2, 0) is 20.7 Å². The van der Waals surface area contributed by atoms with Crippen LogP contribution >= 0.6 is 11.8 Å². The van der Waals surface area contributed by atoms with Gasteiger partial charge in [0.2, 0.25) is 5.78 Å².